The summed E-state index contributed by atoms with van der Waals surface area (Å²) >= 11 is 1.75. The third-order valence-electron chi connectivity index (χ3n) is 6.00. The summed E-state index contributed by atoms with van der Waals surface area (Å²) in [5.74, 6) is 1.55. The van der Waals surface area contributed by atoms with Crippen molar-refractivity contribution < 1.29 is 14.3 Å². The number of para-hydroxylation sites is 1. The third kappa shape index (κ3) is 4.38. The van der Waals surface area contributed by atoms with Crippen LogP contribution >= 0.6 is 11.3 Å². The number of hydrogen-bond acceptors (Lipinski definition) is 6. The van der Waals surface area contributed by atoms with Gasteiger partial charge in [-0.25, -0.2) is 4.98 Å². The molecule has 5 rings (SSSR count). The van der Waals surface area contributed by atoms with E-state index in [0.717, 1.165) is 47.0 Å². The number of benzene rings is 2. The lowest BCUT2D eigenvalue weighted by Gasteiger charge is -2.34. The average molecular weight is 438 g/mol. The third-order valence-corrected chi connectivity index (χ3v) is 7.14. The van der Waals surface area contributed by atoms with Crippen LogP contribution in [0, 0.1) is 0 Å². The van der Waals surface area contributed by atoms with Gasteiger partial charge in [-0.1, -0.05) is 24.6 Å². The van der Waals surface area contributed by atoms with Crippen LogP contribution in [0.1, 0.15) is 48.8 Å². The van der Waals surface area contributed by atoms with E-state index in [1.807, 2.05) is 31.2 Å². The predicted octanol–water partition coefficient (Wildman–Crippen LogP) is 4.47. The van der Waals surface area contributed by atoms with E-state index in [9.17, 15) is 4.79 Å². The summed E-state index contributed by atoms with van der Waals surface area (Å²) in [7, 11) is 0. The molecule has 2 aliphatic heterocycles. The Bertz CT molecular complexity index is 1050. The van der Waals surface area contributed by atoms with Gasteiger partial charge in [-0.3, -0.25) is 9.69 Å². The number of hydrogen-bond donors (Lipinski definition) is 1. The molecule has 1 fully saturated rings. The standard InChI is InChI=1S/C24H27N3O3S/c1-16(17-9-10-20-21(14-17)30-13-12-29-20)25-23(28)15-27-11-5-4-7-19(27)24-26-18-6-2-3-8-22(18)31-24/h2-3,6,8-10,14,16,19H,4-5,7,11-13,15H2,1H3,(H,25,28)/t16-,19+/m0/s1. The van der Waals surface area contributed by atoms with Crippen LogP contribution in [0.4, 0.5) is 0 Å². The van der Waals surface area contributed by atoms with Gasteiger partial charge >= 0.3 is 0 Å². The van der Waals surface area contributed by atoms with Crippen LogP contribution in [0.3, 0.4) is 0 Å². The predicted molar refractivity (Wildman–Crippen MR) is 122 cm³/mol. The van der Waals surface area contributed by atoms with Gasteiger partial charge in [0, 0.05) is 0 Å². The molecule has 1 saturated heterocycles. The van der Waals surface area contributed by atoms with Crippen LogP contribution in [-0.2, 0) is 4.79 Å². The molecule has 0 bridgehead atoms. The molecule has 0 spiro atoms. The highest BCUT2D eigenvalue weighted by atomic mass is 32.1. The lowest BCUT2D eigenvalue weighted by atomic mass is 10.0. The summed E-state index contributed by atoms with van der Waals surface area (Å²) in [6, 6.07) is 14.2. The molecule has 1 aromatic heterocycles. The molecule has 2 aromatic carbocycles. The van der Waals surface area contributed by atoms with Gasteiger partial charge in [-0.2, -0.15) is 0 Å². The normalized spacial score (nSPS) is 19.8. The monoisotopic (exact) mass is 437 g/mol. The Morgan fingerprint density at radius 2 is 2.03 bits per heavy atom. The van der Waals surface area contributed by atoms with E-state index in [4.69, 9.17) is 14.5 Å². The number of nitrogens with zero attached hydrogens (tertiary/aromatic N) is 2. The highest BCUT2D eigenvalue weighted by molar-refractivity contribution is 7.18. The SMILES string of the molecule is C[C@H](NC(=O)CN1CCCC[C@@H]1c1nc2ccccc2s1)c1ccc2c(c1)OCCO2. The van der Waals surface area contributed by atoms with E-state index in [1.54, 1.807) is 11.3 Å². The molecule has 0 radical (unpaired) electrons. The largest absolute Gasteiger partial charge is 0.486 e. The van der Waals surface area contributed by atoms with Crippen molar-refractivity contribution in [3.63, 3.8) is 0 Å². The van der Waals surface area contributed by atoms with Gasteiger partial charge in [0.05, 0.1) is 28.8 Å². The number of amides is 1. The first-order valence-corrected chi connectivity index (χ1v) is 11.8. The van der Waals surface area contributed by atoms with Crippen molar-refractivity contribution in [1.29, 1.82) is 0 Å². The summed E-state index contributed by atoms with van der Waals surface area (Å²) in [6.07, 6.45) is 3.34. The van der Waals surface area contributed by atoms with Gasteiger partial charge < -0.3 is 14.8 Å². The molecule has 1 N–H and O–H groups in total. The molecule has 0 unspecified atom stereocenters. The van der Waals surface area contributed by atoms with E-state index in [0.29, 0.717) is 19.8 Å². The van der Waals surface area contributed by atoms with Crippen molar-refractivity contribution in [2.24, 2.45) is 0 Å². The molecule has 3 aromatic rings. The minimum atomic E-state index is -0.103. The van der Waals surface area contributed by atoms with Gasteiger partial charge in [-0.05, 0) is 56.1 Å². The number of piperidine rings is 1. The summed E-state index contributed by atoms with van der Waals surface area (Å²) in [5.41, 5.74) is 2.06. The summed E-state index contributed by atoms with van der Waals surface area (Å²) < 4.78 is 12.5. The second-order valence-electron chi connectivity index (χ2n) is 8.19. The lowest BCUT2D eigenvalue weighted by molar-refractivity contribution is -0.123. The summed E-state index contributed by atoms with van der Waals surface area (Å²) in [5, 5.41) is 4.27. The summed E-state index contributed by atoms with van der Waals surface area (Å²) in [4.78, 5) is 20.1. The Hall–Kier alpha value is -2.64. The lowest BCUT2D eigenvalue weighted by Crippen LogP contribution is -2.42. The van der Waals surface area contributed by atoms with E-state index >= 15 is 0 Å². The van der Waals surface area contributed by atoms with E-state index < -0.39 is 0 Å². The van der Waals surface area contributed by atoms with Gasteiger partial charge in [0.1, 0.15) is 18.2 Å². The minimum Gasteiger partial charge on any atom is -0.486 e. The van der Waals surface area contributed by atoms with Gasteiger partial charge in [0.25, 0.3) is 0 Å². The average Bonchev–Trinajstić information content (AvgIpc) is 3.23. The highest BCUT2D eigenvalue weighted by Crippen LogP contribution is 2.36. The number of carbonyl (C=O) groups is 1. The van der Waals surface area contributed by atoms with Gasteiger partial charge in [-0.15, -0.1) is 11.3 Å². The van der Waals surface area contributed by atoms with Crippen molar-refractivity contribution in [2.45, 2.75) is 38.3 Å². The molecule has 2 atom stereocenters. The molecular formula is C24H27N3O3S. The first-order chi connectivity index (χ1) is 15.2. The molecule has 1 amide bonds. The minimum absolute atomic E-state index is 0.0374. The van der Waals surface area contributed by atoms with Crippen LogP contribution in [0.2, 0.25) is 0 Å². The van der Waals surface area contributed by atoms with E-state index in [1.165, 1.54) is 11.1 Å². The molecule has 0 saturated carbocycles. The van der Waals surface area contributed by atoms with Crippen molar-refractivity contribution in [3.8, 4) is 11.5 Å². The Labute approximate surface area is 186 Å². The van der Waals surface area contributed by atoms with Crippen LogP contribution in [0.15, 0.2) is 42.5 Å². The molecule has 6 nitrogen and oxygen atoms in total. The smallest absolute Gasteiger partial charge is 0.234 e. The number of fused-ring (bicyclic) bond motifs is 2. The summed E-state index contributed by atoms with van der Waals surface area (Å²) in [6.45, 7) is 4.44. The van der Waals surface area contributed by atoms with Gasteiger partial charge in [0.2, 0.25) is 5.91 Å². The molecule has 7 heteroatoms. The highest BCUT2D eigenvalue weighted by Gasteiger charge is 2.28. The van der Waals surface area contributed by atoms with E-state index in [-0.39, 0.29) is 18.0 Å². The number of nitrogens with one attached hydrogen (secondary N) is 1. The Kier molecular flexibility index (Phi) is 5.78. The Morgan fingerprint density at radius 3 is 2.90 bits per heavy atom. The Morgan fingerprint density at radius 1 is 1.19 bits per heavy atom. The maximum absolute atomic E-state index is 12.9. The second kappa shape index (κ2) is 8.85. The zero-order chi connectivity index (χ0) is 21.2. The Balaban J connectivity index is 1.26. The number of rotatable bonds is 5. The van der Waals surface area contributed by atoms with Crippen molar-refractivity contribution in [1.82, 2.24) is 15.2 Å². The van der Waals surface area contributed by atoms with Crippen molar-refractivity contribution >= 4 is 27.5 Å². The fraction of sp³-hybridized carbons (Fsp3) is 0.417. The fourth-order valence-corrected chi connectivity index (χ4v) is 5.51. The molecule has 3 heterocycles. The topological polar surface area (TPSA) is 63.7 Å². The van der Waals surface area contributed by atoms with E-state index in [2.05, 4.69) is 28.4 Å². The quantitative estimate of drug-likeness (QED) is 0.638. The van der Waals surface area contributed by atoms with Crippen molar-refractivity contribution in [3.05, 3.63) is 53.0 Å². The van der Waals surface area contributed by atoms with Crippen LogP contribution in [0.25, 0.3) is 10.2 Å². The molecule has 31 heavy (non-hydrogen) atoms. The second-order valence-corrected chi connectivity index (χ2v) is 9.26. The zero-order valence-electron chi connectivity index (χ0n) is 17.7. The van der Waals surface area contributed by atoms with Crippen molar-refractivity contribution in [2.75, 3.05) is 26.3 Å². The maximum Gasteiger partial charge on any atom is 0.234 e. The number of ether oxygens (including phenoxy) is 2. The first kappa shape index (κ1) is 20.3. The van der Waals surface area contributed by atoms with Crippen LogP contribution < -0.4 is 14.8 Å². The molecule has 2 aliphatic rings. The zero-order valence-corrected chi connectivity index (χ0v) is 18.5. The molecular weight excluding hydrogens is 410 g/mol. The van der Waals surface area contributed by atoms with Gasteiger partial charge in [0.15, 0.2) is 11.5 Å². The maximum atomic E-state index is 12.9. The fourth-order valence-electron chi connectivity index (χ4n) is 4.38. The van der Waals surface area contributed by atoms with Crippen LogP contribution in [-0.4, -0.2) is 42.1 Å². The number of carbonyl (C=O) groups excluding carboxylic acids is 1. The van der Waals surface area contributed by atoms with Crippen LogP contribution in [0.5, 0.6) is 11.5 Å². The number of thiazole rings is 1. The molecule has 162 valence electrons. The molecule has 0 aliphatic carbocycles. The number of likely N-dealkylation sites (tertiary alicyclic amines) is 1. The first-order valence-electron chi connectivity index (χ1n) is 11.0. The number of aromatic nitrogens is 1.